The standard InChI is InChI=1S/C15H18FN5O.ClH/c1-2-15(6-3-7-18-15)14(22)20-11-4-5-13(12(16)8-11)21-10-17-9-19-21;/h4-5,8-10,18H,2-3,6-7H2,1H3,(H,20,22);1H. The third-order valence-electron chi connectivity index (χ3n) is 4.15. The summed E-state index contributed by atoms with van der Waals surface area (Å²) in [7, 11) is 0. The average molecular weight is 340 g/mol. The quantitative estimate of drug-likeness (QED) is 0.896. The minimum atomic E-state index is -0.541. The summed E-state index contributed by atoms with van der Waals surface area (Å²) in [6.45, 7) is 2.81. The maximum atomic E-state index is 14.2. The molecule has 2 heterocycles. The van der Waals surface area contributed by atoms with Gasteiger partial charge in [0.25, 0.3) is 0 Å². The fourth-order valence-electron chi connectivity index (χ4n) is 2.82. The van der Waals surface area contributed by atoms with Gasteiger partial charge in [0, 0.05) is 5.69 Å². The van der Waals surface area contributed by atoms with Crippen molar-refractivity contribution >= 4 is 24.0 Å². The molecule has 1 unspecified atom stereocenters. The van der Waals surface area contributed by atoms with Crippen LogP contribution >= 0.6 is 12.4 Å². The number of aromatic nitrogens is 3. The molecule has 0 spiro atoms. The summed E-state index contributed by atoms with van der Waals surface area (Å²) >= 11 is 0. The largest absolute Gasteiger partial charge is 0.324 e. The van der Waals surface area contributed by atoms with Gasteiger partial charge in [0.1, 0.15) is 18.3 Å². The number of rotatable bonds is 4. The average Bonchev–Trinajstić information content (AvgIpc) is 3.19. The summed E-state index contributed by atoms with van der Waals surface area (Å²) in [5.41, 5.74) is 0.189. The van der Waals surface area contributed by atoms with Crippen molar-refractivity contribution in [3.05, 3.63) is 36.7 Å². The van der Waals surface area contributed by atoms with Gasteiger partial charge in [-0.3, -0.25) is 4.79 Å². The predicted octanol–water partition coefficient (Wildman–Crippen LogP) is 2.30. The Hall–Kier alpha value is -1.99. The van der Waals surface area contributed by atoms with E-state index in [0.29, 0.717) is 17.8 Å². The highest BCUT2D eigenvalue weighted by molar-refractivity contribution is 5.98. The number of nitrogens with one attached hydrogen (secondary N) is 2. The number of carbonyl (C=O) groups is 1. The third-order valence-corrected chi connectivity index (χ3v) is 4.15. The maximum absolute atomic E-state index is 14.2. The lowest BCUT2D eigenvalue weighted by molar-refractivity contribution is -0.122. The van der Waals surface area contributed by atoms with E-state index in [1.807, 2.05) is 6.92 Å². The number of carbonyl (C=O) groups excluding carboxylic acids is 1. The number of halogens is 2. The molecule has 2 N–H and O–H groups in total. The lowest BCUT2D eigenvalue weighted by Gasteiger charge is -2.26. The molecule has 0 bridgehead atoms. The van der Waals surface area contributed by atoms with Crippen LogP contribution in [0.15, 0.2) is 30.9 Å². The molecule has 23 heavy (non-hydrogen) atoms. The summed E-state index contributed by atoms with van der Waals surface area (Å²) in [5.74, 6) is -0.575. The van der Waals surface area contributed by atoms with Crippen LogP contribution in [0, 0.1) is 5.82 Å². The molecule has 1 aliphatic rings. The Balaban J connectivity index is 0.00000192. The fourth-order valence-corrected chi connectivity index (χ4v) is 2.82. The van der Waals surface area contributed by atoms with Crippen LogP contribution in [-0.4, -0.2) is 32.8 Å². The van der Waals surface area contributed by atoms with Gasteiger partial charge < -0.3 is 10.6 Å². The molecule has 2 aromatic rings. The highest BCUT2D eigenvalue weighted by atomic mass is 35.5. The zero-order chi connectivity index (χ0) is 15.6. The van der Waals surface area contributed by atoms with Crippen LogP contribution < -0.4 is 10.6 Å². The van der Waals surface area contributed by atoms with Crippen LogP contribution in [0.1, 0.15) is 26.2 Å². The number of amides is 1. The van der Waals surface area contributed by atoms with Gasteiger partial charge in [-0.1, -0.05) is 6.92 Å². The highest BCUT2D eigenvalue weighted by Gasteiger charge is 2.39. The molecule has 6 nitrogen and oxygen atoms in total. The fraction of sp³-hybridized carbons (Fsp3) is 0.400. The zero-order valence-corrected chi connectivity index (χ0v) is 13.6. The Morgan fingerprint density at radius 1 is 1.52 bits per heavy atom. The molecule has 0 radical (unpaired) electrons. The Kier molecular flexibility index (Phi) is 5.33. The summed E-state index contributed by atoms with van der Waals surface area (Å²) in [6, 6.07) is 4.53. The molecular weight excluding hydrogens is 321 g/mol. The predicted molar refractivity (Wildman–Crippen MR) is 87.5 cm³/mol. The van der Waals surface area contributed by atoms with Crippen molar-refractivity contribution in [1.82, 2.24) is 20.1 Å². The van der Waals surface area contributed by atoms with Crippen molar-refractivity contribution in [2.24, 2.45) is 0 Å². The van der Waals surface area contributed by atoms with Crippen LogP contribution in [0.25, 0.3) is 5.69 Å². The van der Waals surface area contributed by atoms with Gasteiger partial charge in [-0.15, -0.1) is 12.4 Å². The number of benzene rings is 1. The summed E-state index contributed by atoms with van der Waals surface area (Å²) in [4.78, 5) is 16.3. The molecule has 0 saturated carbocycles. The second-order valence-electron chi connectivity index (χ2n) is 5.43. The van der Waals surface area contributed by atoms with Crippen molar-refractivity contribution in [3.63, 3.8) is 0 Å². The van der Waals surface area contributed by atoms with Gasteiger partial charge in [0.05, 0.1) is 5.54 Å². The van der Waals surface area contributed by atoms with Gasteiger partial charge in [0.2, 0.25) is 5.91 Å². The first kappa shape index (κ1) is 17.4. The van der Waals surface area contributed by atoms with Gasteiger partial charge >= 0.3 is 0 Å². The van der Waals surface area contributed by atoms with E-state index in [2.05, 4.69) is 20.7 Å². The van der Waals surface area contributed by atoms with Crippen LogP contribution in [0.5, 0.6) is 0 Å². The first-order valence-corrected chi connectivity index (χ1v) is 7.36. The van der Waals surface area contributed by atoms with Crippen LogP contribution in [0.2, 0.25) is 0 Å². The molecule has 1 atom stereocenters. The second kappa shape index (κ2) is 7.06. The van der Waals surface area contributed by atoms with Crippen LogP contribution in [0.4, 0.5) is 10.1 Å². The van der Waals surface area contributed by atoms with E-state index in [4.69, 9.17) is 0 Å². The van der Waals surface area contributed by atoms with Crippen molar-refractivity contribution in [3.8, 4) is 5.69 Å². The Morgan fingerprint density at radius 3 is 2.91 bits per heavy atom. The molecule has 3 rings (SSSR count). The number of hydrogen-bond acceptors (Lipinski definition) is 4. The molecule has 124 valence electrons. The molecule has 1 aromatic carbocycles. The second-order valence-corrected chi connectivity index (χ2v) is 5.43. The molecular formula is C15H19ClFN5O. The van der Waals surface area contributed by atoms with Crippen molar-refractivity contribution in [2.45, 2.75) is 31.7 Å². The van der Waals surface area contributed by atoms with Crippen LogP contribution in [0.3, 0.4) is 0 Å². The van der Waals surface area contributed by atoms with Gasteiger partial charge in [-0.05, 0) is 44.0 Å². The van der Waals surface area contributed by atoms with Crippen molar-refractivity contribution in [1.29, 1.82) is 0 Å². The number of nitrogens with zero attached hydrogens (tertiary/aromatic N) is 3. The first-order chi connectivity index (χ1) is 10.6. The van der Waals surface area contributed by atoms with Gasteiger partial charge in [-0.2, -0.15) is 5.10 Å². The molecule has 1 saturated heterocycles. The van der Waals surface area contributed by atoms with Crippen molar-refractivity contribution in [2.75, 3.05) is 11.9 Å². The maximum Gasteiger partial charge on any atom is 0.244 e. The third kappa shape index (κ3) is 3.35. The molecule has 0 aliphatic carbocycles. The van der Waals surface area contributed by atoms with E-state index in [9.17, 15) is 9.18 Å². The topological polar surface area (TPSA) is 71.8 Å². The Bertz CT molecular complexity index is 671. The lowest BCUT2D eigenvalue weighted by Crippen LogP contribution is -2.50. The van der Waals surface area contributed by atoms with Crippen molar-refractivity contribution < 1.29 is 9.18 Å². The van der Waals surface area contributed by atoms with E-state index in [1.165, 1.54) is 23.4 Å². The van der Waals surface area contributed by atoms with Crippen LogP contribution in [-0.2, 0) is 4.79 Å². The minimum absolute atomic E-state index is 0. The Morgan fingerprint density at radius 2 is 2.35 bits per heavy atom. The molecule has 1 fully saturated rings. The van der Waals surface area contributed by atoms with Gasteiger partial charge in [-0.25, -0.2) is 14.1 Å². The van der Waals surface area contributed by atoms with E-state index >= 15 is 0 Å². The molecule has 8 heteroatoms. The number of anilines is 1. The molecule has 1 amide bonds. The zero-order valence-electron chi connectivity index (χ0n) is 12.8. The summed E-state index contributed by atoms with van der Waals surface area (Å²) in [6.07, 6.45) is 5.24. The SMILES string of the molecule is CCC1(C(=O)Nc2ccc(-n3cncn3)c(F)c2)CCCN1.Cl. The normalized spacial score (nSPS) is 20.1. The van der Waals surface area contributed by atoms with E-state index in [0.717, 1.165) is 19.4 Å². The van der Waals surface area contributed by atoms with E-state index in [1.54, 1.807) is 12.1 Å². The smallest absolute Gasteiger partial charge is 0.244 e. The summed E-state index contributed by atoms with van der Waals surface area (Å²) in [5, 5.41) is 9.96. The van der Waals surface area contributed by atoms with Gasteiger partial charge in [0.15, 0.2) is 5.82 Å². The number of hydrogen-bond donors (Lipinski definition) is 2. The minimum Gasteiger partial charge on any atom is -0.324 e. The summed E-state index contributed by atoms with van der Waals surface area (Å²) < 4.78 is 15.5. The van der Waals surface area contributed by atoms with E-state index in [-0.39, 0.29) is 18.3 Å². The van der Waals surface area contributed by atoms with E-state index < -0.39 is 11.4 Å². The lowest BCUT2D eigenvalue weighted by atomic mass is 9.93. The monoisotopic (exact) mass is 339 g/mol. The molecule has 1 aliphatic heterocycles. The Labute approximate surface area is 139 Å². The highest BCUT2D eigenvalue weighted by Crippen LogP contribution is 2.25. The molecule has 1 aromatic heterocycles. The first-order valence-electron chi connectivity index (χ1n) is 7.36.